The zero-order valence-electron chi connectivity index (χ0n) is 19.1. The summed E-state index contributed by atoms with van der Waals surface area (Å²) in [6.45, 7) is 3.95. The second kappa shape index (κ2) is 8.83. The number of allylic oxidation sites excluding steroid dienone is 2. The van der Waals surface area contributed by atoms with Crippen molar-refractivity contribution in [3.63, 3.8) is 0 Å². The molecule has 0 radical (unpaired) electrons. The molecule has 0 aromatic heterocycles. The number of carbonyl (C=O) groups is 1. The van der Waals surface area contributed by atoms with Crippen LogP contribution >= 0.6 is 0 Å². The molecular formula is C26H28N2O5. The van der Waals surface area contributed by atoms with Crippen molar-refractivity contribution in [1.29, 1.82) is 0 Å². The van der Waals surface area contributed by atoms with Gasteiger partial charge in [-0.25, -0.2) is 0 Å². The Morgan fingerprint density at radius 3 is 2.64 bits per heavy atom. The summed E-state index contributed by atoms with van der Waals surface area (Å²) in [5.74, 6) is 0.440. The first-order chi connectivity index (χ1) is 15.7. The number of non-ortho nitro benzene ring substituents is 1. The van der Waals surface area contributed by atoms with Crippen molar-refractivity contribution in [3.05, 3.63) is 74.9 Å². The second-order valence-corrected chi connectivity index (χ2v) is 8.99. The van der Waals surface area contributed by atoms with Gasteiger partial charge in [-0.05, 0) is 68.0 Å². The fourth-order valence-electron chi connectivity index (χ4n) is 5.00. The summed E-state index contributed by atoms with van der Waals surface area (Å²) in [5, 5.41) is 24.9. The Hall–Kier alpha value is -3.45. The van der Waals surface area contributed by atoms with Crippen LogP contribution in [0.1, 0.15) is 45.1 Å². The summed E-state index contributed by atoms with van der Waals surface area (Å²) < 4.78 is 5.28. The smallest absolute Gasteiger partial charge is 0.273 e. The quantitative estimate of drug-likeness (QED) is 0.352. The number of nitrogens with zero attached hydrogens (tertiary/aromatic N) is 1. The van der Waals surface area contributed by atoms with E-state index in [4.69, 9.17) is 4.74 Å². The summed E-state index contributed by atoms with van der Waals surface area (Å²) >= 11 is 0. The summed E-state index contributed by atoms with van der Waals surface area (Å²) in [5.41, 5.74) is 4.48. The van der Waals surface area contributed by atoms with Crippen LogP contribution in [0.5, 0.6) is 5.75 Å². The molecule has 2 aromatic carbocycles. The summed E-state index contributed by atoms with van der Waals surface area (Å²) in [6, 6.07) is 12.0. The Kier molecular flexibility index (Phi) is 6.08. The van der Waals surface area contributed by atoms with E-state index in [9.17, 15) is 20.0 Å². The van der Waals surface area contributed by atoms with Gasteiger partial charge in [0.25, 0.3) is 5.69 Å². The lowest BCUT2D eigenvalue weighted by Crippen LogP contribution is -2.42. The van der Waals surface area contributed by atoms with Gasteiger partial charge < -0.3 is 15.2 Å². The zero-order valence-corrected chi connectivity index (χ0v) is 19.1. The predicted octanol–water partition coefficient (Wildman–Crippen LogP) is 5.57. The lowest BCUT2D eigenvalue weighted by molar-refractivity contribution is -0.384. The molecule has 2 N–H and O–H groups in total. The number of rotatable bonds is 5. The van der Waals surface area contributed by atoms with E-state index >= 15 is 0 Å². The molecule has 1 fully saturated rings. The average molecular weight is 449 g/mol. The van der Waals surface area contributed by atoms with Crippen LogP contribution in [-0.4, -0.2) is 29.0 Å². The van der Waals surface area contributed by atoms with Crippen molar-refractivity contribution >= 4 is 28.9 Å². The van der Waals surface area contributed by atoms with E-state index in [-0.39, 0.29) is 16.9 Å². The molecule has 2 aliphatic carbocycles. The Labute approximate surface area is 192 Å². The fourth-order valence-corrected chi connectivity index (χ4v) is 5.00. The number of ether oxygens (including phenoxy) is 1. The van der Waals surface area contributed by atoms with E-state index in [0.29, 0.717) is 17.9 Å². The van der Waals surface area contributed by atoms with Gasteiger partial charge in [0.15, 0.2) is 5.78 Å². The van der Waals surface area contributed by atoms with Crippen molar-refractivity contribution in [2.24, 2.45) is 5.41 Å². The van der Waals surface area contributed by atoms with Gasteiger partial charge in [0, 0.05) is 22.7 Å². The zero-order chi connectivity index (χ0) is 23.8. The number of hydrogen-bond donors (Lipinski definition) is 2. The molecule has 0 bridgehead atoms. The van der Waals surface area contributed by atoms with Crippen molar-refractivity contribution in [2.75, 3.05) is 12.4 Å². The van der Waals surface area contributed by atoms with Crippen molar-refractivity contribution < 1.29 is 19.6 Å². The molecule has 0 saturated heterocycles. The molecule has 7 nitrogen and oxygen atoms in total. The highest BCUT2D eigenvalue weighted by Crippen LogP contribution is 2.50. The largest absolute Gasteiger partial charge is 0.494 e. The van der Waals surface area contributed by atoms with Crippen molar-refractivity contribution in [2.45, 2.75) is 45.6 Å². The van der Waals surface area contributed by atoms with Gasteiger partial charge in [0.05, 0.1) is 29.9 Å². The minimum Gasteiger partial charge on any atom is -0.494 e. The maximum atomic E-state index is 13.0. The Balaban J connectivity index is 1.56. The maximum absolute atomic E-state index is 13.0. The third-order valence-electron chi connectivity index (χ3n) is 6.90. The number of Topliss-reactive ketones (excluding diaryl/α,β-unsaturated/α-hetero) is 1. The number of nitro benzene ring substituents is 1. The Morgan fingerprint density at radius 1 is 1.24 bits per heavy atom. The number of nitrogens with one attached hydrogen (secondary N) is 1. The molecule has 4 rings (SSSR count). The van der Waals surface area contributed by atoms with E-state index < -0.39 is 11.0 Å². The number of anilines is 2. The molecule has 2 aromatic rings. The molecule has 2 atom stereocenters. The fraction of sp³-hybridized carbons (Fsp3) is 0.346. The molecule has 2 aliphatic rings. The summed E-state index contributed by atoms with van der Waals surface area (Å²) in [7, 11) is 1.46. The van der Waals surface area contributed by atoms with Gasteiger partial charge in [0.2, 0.25) is 0 Å². The lowest BCUT2D eigenvalue weighted by Gasteiger charge is -2.45. The van der Waals surface area contributed by atoms with Crippen LogP contribution in [0.25, 0.3) is 6.08 Å². The van der Waals surface area contributed by atoms with Gasteiger partial charge in [0.1, 0.15) is 5.75 Å². The average Bonchev–Trinajstić information content (AvgIpc) is 2.80. The van der Waals surface area contributed by atoms with Crippen LogP contribution in [0.2, 0.25) is 0 Å². The monoisotopic (exact) mass is 448 g/mol. The molecule has 0 heterocycles. The van der Waals surface area contributed by atoms with Crippen molar-refractivity contribution in [1.82, 2.24) is 0 Å². The minimum atomic E-state index is -0.465. The molecule has 0 spiro atoms. The maximum Gasteiger partial charge on any atom is 0.273 e. The van der Waals surface area contributed by atoms with Gasteiger partial charge in [-0.3, -0.25) is 14.9 Å². The third-order valence-corrected chi connectivity index (χ3v) is 6.90. The molecular weight excluding hydrogens is 420 g/mol. The first-order valence-corrected chi connectivity index (χ1v) is 11.1. The first-order valence-electron chi connectivity index (χ1n) is 11.1. The van der Waals surface area contributed by atoms with E-state index in [2.05, 4.69) is 12.2 Å². The number of fused-ring (bicyclic) bond motifs is 1. The third kappa shape index (κ3) is 4.28. The summed E-state index contributed by atoms with van der Waals surface area (Å²) in [6.07, 6.45) is 4.58. The standard InChI is InChI=1S/C26H28N2O5/c1-16-21-5-4-6-24(29)26(21,2)15-18(25(16)30)13-17-7-9-19(10-8-17)27-22-12-11-20(28(31)32)14-23(22)33-3/h7-14,24,27,29H,4-6,15H2,1-3H3/b18-13+/t24-,26-/m0/s1. The van der Waals surface area contributed by atoms with Crippen LogP contribution in [0.3, 0.4) is 0 Å². The molecule has 33 heavy (non-hydrogen) atoms. The number of benzene rings is 2. The van der Waals surface area contributed by atoms with Crippen LogP contribution in [0.15, 0.2) is 59.2 Å². The van der Waals surface area contributed by atoms with Gasteiger partial charge in [-0.15, -0.1) is 0 Å². The Bertz CT molecular complexity index is 1170. The number of carbonyl (C=O) groups excluding carboxylic acids is 1. The molecule has 0 unspecified atom stereocenters. The number of ketones is 1. The first kappa shape index (κ1) is 22.7. The van der Waals surface area contributed by atoms with Crippen LogP contribution < -0.4 is 10.1 Å². The molecule has 0 aliphatic heterocycles. The molecule has 0 amide bonds. The number of hydrogen-bond acceptors (Lipinski definition) is 6. The molecule has 1 saturated carbocycles. The van der Waals surface area contributed by atoms with E-state index in [1.807, 2.05) is 37.3 Å². The Morgan fingerprint density at radius 2 is 1.97 bits per heavy atom. The van der Waals surface area contributed by atoms with E-state index in [1.165, 1.54) is 19.2 Å². The van der Waals surface area contributed by atoms with E-state index in [0.717, 1.165) is 47.2 Å². The SMILES string of the molecule is COc1cc([N+](=O)[O-])ccc1Nc1ccc(/C=C2\C[C@@]3(C)C(=C(C)C2=O)CCC[C@@H]3O)cc1. The van der Waals surface area contributed by atoms with Gasteiger partial charge >= 0.3 is 0 Å². The normalized spacial score (nSPS) is 23.9. The number of methoxy groups -OCH3 is 1. The van der Waals surface area contributed by atoms with Gasteiger partial charge in [-0.2, -0.15) is 0 Å². The second-order valence-electron chi connectivity index (χ2n) is 8.99. The predicted molar refractivity (Wildman–Crippen MR) is 128 cm³/mol. The minimum absolute atomic E-state index is 0.0409. The number of nitro groups is 1. The molecule has 7 heteroatoms. The molecule has 172 valence electrons. The topological polar surface area (TPSA) is 102 Å². The highest BCUT2D eigenvalue weighted by Gasteiger charge is 2.45. The number of aliphatic hydroxyl groups is 1. The highest BCUT2D eigenvalue weighted by molar-refractivity contribution is 6.12. The van der Waals surface area contributed by atoms with Crippen LogP contribution in [0, 0.1) is 15.5 Å². The van der Waals surface area contributed by atoms with E-state index in [1.54, 1.807) is 6.07 Å². The summed E-state index contributed by atoms with van der Waals surface area (Å²) in [4.78, 5) is 23.5. The van der Waals surface area contributed by atoms with Crippen LogP contribution in [0.4, 0.5) is 17.1 Å². The van der Waals surface area contributed by atoms with Crippen LogP contribution in [-0.2, 0) is 4.79 Å². The number of aliphatic hydroxyl groups excluding tert-OH is 1. The van der Waals surface area contributed by atoms with Crippen molar-refractivity contribution in [3.8, 4) is 5.75 Å². The highest BCUT2D eigenvalue weighted by atomic mass is 16.6. The lowest BCUT2D eigenvalue weighted by atomic mass is 9.61. The van der Waals surface area contributed by atoms with Gasteiger partial charge in [-0.1, -0.05) is 24.6 Å².